The van der Waals surface area contributed by atoms with Crippen molar-refractivity contribution in [3.05, 3.63) is 234 Å². The molecule has 1 heterocycles. The molecule has 2 heteroatoms. The zero-order chi connectivity index (χ0) is 39.4. The van der Waals surface area contributed by atoms with Gasteiger partial charge in [-0.1, -0.05) is 171 Å². The molecule has 3 aliphatic carbocycles. The summed E-state index contributed by atoms with van der Waals surface area (Å²) in [5, 5.41) is 4.98. The minimum Gasteiger partial charge on any atom is -0.322 e. The first-order valence-corrected chi connectivity index (χ1v) is 21.6. The second-order valence-electron chi connectivity index (χ2n) is 17.1. The summed E-state index contributed by atoms with van der Waals surface area (Å²) in [4.78, 5) is 2.52. The average Bonchev–Trinajstić information content (AvgIpc) is 4.08. The third kappa shape index (κ3) is 4.43. The van der Waals surface area contributed by atoms with E-state index in [2.05, 4.69) is 216 Å². The molecule has 10 aromatic rings. The third-order valence-electron chi connectivity index (χ3n) is 14.3. The summed E-state index contributed by atoms with van der Waals surface area (Å²) in [5.74, 6) is 0. The fourth-order valence-corrected chi connectivity index (χ4v) is 12.0. The van der Waals surface area contributed by atoms with E-state index in [1.165, 1.54) is 114 Å². The Morgan fingerprint density at radius 1 is 0.400 bits per heavy atom. The summed E-state index contributed by atoms with van der Waals surface area (Å²) in [5.41, 5.74) is 17.7. The van der Waals surface area contributed by atoms with Crippen molar-refractivity contribution in [1.29, 1.82) is 0 Å². The van der Waals surface area contributed by atoms with E-state index in [4.69, 9.17) is 0 Å². The summed E-state index contributed by atoms with van der Waals surface area (Å²) >= 11 is 0. The molecule has 9 aromatic carbocycles. The number of anilines is 3. The average molecular weight is 767 g/mol. The zero-order valence-electron chi connectivity index (χ0n) is 33.4. The fraction of sp³-hybridized carbons (Fsp3) is 0.103. The van der Waals surface area contributed by atoms with Crippen LogP contribution in [0.25, 0.3) is 54.8 Å². The van der Waals surface area contributed by atoms with Crippen molar-refractivity contribution in [2.75, 3.05) is 4.90 Å². The number of hydrogen-bond acceptors (Lipinski definition) is 1. The standard InChI is InChI=1S/C58H42N2/c1-2-19-42(20-3-1)59(55-30-16-28-52-56(55)47-24-8-10-25-49(47)57(52)35-14-15-36-57)43-33-34-54-48(38-43)46-23-9-13-29-53(46)60(54)58(41-32-31-39-17-4-5-18-40(39)37-41)50-26-11-6-21-44(50)45-22-7-12-27-51(45)58/h1-13,16-34,37-38H,14-15,35-36H2. The lowest BCUT2D eigenvalue weighted by Gasteiger charge is -2.37. The maximum atomic E-state index is 2.67. The van der Waals surface area contributed by atoms with Gasteiger partial charge in [0.2, 0.25) is 0 Å². The molecule has 1 saturated carbocycles. The number of nitrogens with zero attached hydrogens (tertiary/aromatic N) is 2. The van der Waals surface area contributed by atoms with Gasteiger partial charge in [-0.05, 0) is 117 Å². The molecule has 13 rings (SSSR count). The second kappa shape index (κ2) is 12.7. The minimum absolute atomic E-state index is 0.0899. The fourth-order valence-electron chi connectivity index (χ4n) is 12.0. The van der Waals surface area contributed by atoms with Gasteiger partial charge in [0.05, 0.1) is 16.7 Å². The number of aromatic nitrogens is 1. The zero-order valence-corrected chi connectivity index (χ0v) is 33.4. The highest BCUT2D eigenvalue weighted by atomic mass is 15.1. The molecule has 0 N–H and O–H groups in total. The molecule has 0 bridgehead atoms. The molecule has 1 spiro atoms. The Morgan fingerprint density at radius 2 is 1.02 bits per heavy atom. The highest BCUT2D eigenvalue weighted by Gasteiger charge is 2.48. The lowest BCUT2D eigenvalue weighted by atomic mass is 9.77. The van der Waals surface area contributed by atoms with Gasteiger partial charge in [-0.25, -0.2) is 0 Å². The molecule has 284 valence electrons. The largest absolute Gasteiger partial charge is 0.322 e. The van der Waals surface area contributed by atoms with Crippen molar-refractivity contribution < 1.29 is 0 Å². The second-order valence-corrected chi connectivity index (χ2v) is 17.1. The monoisotopic (exact) mass is 766 g/mol. The van der Waals surface area contributed by atoms with Crippen LogP contribution in [-0.4, -0.2) is 4.57 Å². The van der Waals surface area contributed by atoms with Crippen molar-refractivity contribution in [2.24, 2.45) is 0 Å². The molecule has 0 aliphatic heterocycles. The smallest absolute Gasteiger partial charge is 0.122 e. The number of para-hydroxylation sites is 2. The lowest BCUT2D eigenvalue weighted by Crippen LogP contribution is -2.35. The molecule has 0 saturated heterocycles. The van der Waals surface area contributed by atoms with E-state index in [-0.39, 0.29) is 5.41 Å². The SMILES string of the molecule is c1ccc(N(c2ccc3c(c2)c2ccccc2n3C2(c3ccc4ccccc4c3)c3ccccc3-c3ccccc32)c2cccc3c2-c2ccccc2C32CCCC2)cc1. The Kier molecular flexibility index (Phi) is 7.13. The van der Waals surface area contributed by atoms with E-state index in [1.54, 1.807) is 0 Å². The van der Waals surface area contributed by atoms with E-state index in [0.29, 0.717) is 0 Å². The number of rotatable bonds is 5. The number of hydrogen-bond donors (Lipinski definition) is 0. The van der Waals surface area contributed by atoms with Gasteiger partial charge in [-0.3, -0.25) is 0 Å². The molecule has 0 radical (unpaired) electrons. The first-order chi connectivity index (χ1) is 29.8. The van der Waals surface area contributed by atoms with E-state index in [1.807, 2.05) is 0 Å². The maximum Gasteiger partial charge on any atom is 0.122 e. The van der Waals surface area contributed by atoms with Crippen molar-refractivity contribution >= 4 is 49.6 Å². The number of benzene rings is 9. The Balaban J connectivity index is 1.11. The molecule has 0 atom stereocenters. The Morgan fingerprint density at radius 3 is 1.80 bits per heavy atom. The quantitative estimate of drug-likeness (QED) is 0.169. The number of fused-ring (bicyclic) bond motifs is 12. The van der Waals surface area contributed by atoms with Gasteiger partial charge in [0, 0.05) is 33.1 Å². The van der Waals surface area contributed by atoms with Crippen LogP contribution < -0.4 is 4.90 Å². The first-order valence-electron chi connectivity index (χ1n) is 21.6. The summed E-state index contributed by atoms with van der Waals surface area (Å²) in [6.45, 7) is 0. The van der Waals surface area contributed by atoms with Gasteiger partial charge < -0.3 is 9.47 Å². The molecule has 1 aromatic heterocycles. The highest BCUT2D eigenvalue weighted by Crippen LogP contribution is 2.61. The first kappa shape index (κ1) is 33.8. The van der Waals surface area contributed by atoms with Crippen molar-refractivity contribution in [1.82, 2.24) is 4.57 Å². The Hall–Kier alpha value is -7.16. The summed E-state index contributed by atoms with van der Waals surface area (Å²) < 4.78 is 2.67. The predicted octanol–water partition coefficient (Wildman–Crippen LogP) is 15.1. The lowest BCUT2D eigenvalue weighted by molar-refractivity contribution is 0.550. The van der Waals surface area contributed by atoms with Crippen LogP contribution in [0.4, 0.5) is 17.1 Å². The van der Waals surface area contributed by atoms with E-state index in [0.717, 1.165) is 11.4 Å². The normalized spacial score (nSPS) is 15.3. The van der Waals surface area contributed by atoms with Gasteiger partial charge in [0.1, 0.15) is 5.54 Å². The van der Waals surface area contributed by atoms with E-state index >= 15 is 0 Å². The summed E-state index contributed by atoms with van der Waals surface area (Å²) in [7, 11) is 0. The van der Waals surface area contributed by atoms with Gasteiger partial charge in [-0.2, -0.15) is 0 Å². The summed E-state index contributed by atoms with van der Waals surface area (Å²) in [6, 6.07) is 77.7. The van der Waals surface area contributed by atoms with Crippen LogP contribution in [0.5, 0.6) is 0 Å². The van der Waals surface area contributed by atoms with Gasteiger partial charge in [-0.15, -0.1) is 0 Å². The predicted molar refractivity (Wildman–Crippen MR) is 250 cm³/mol. The highest BCUT2D eigenvalue weighted by molar-refractivity contribution is 6.11. The van der Waals surface area contributed by atoms with Crippen molar-refractivity contribution in [3.8, 4) is 22.3 Å². The van der Waals surface area contributed by atoms with Crippen LogP contribution in [-0.2, 0) is 11.0 Å². The minimum atomic E-state index is -0.626. The Labute approximate surface area is 350 Å². The molecule has 1 fully saturated rings. The topological polar surface area (TPSA) is 8.17 Å². The van der Waals surface area contributed by atoms with Crippen LogP contribution in [0.3, 0.4) is 0 Å². The summed E-state index contributed by atoms with van der Waals surface area (Å²) in [6.07, 6.45) is 4.97. The van der Waals surface area contributed by atoms with Crippen LogP contribution in [0, 0.1) is 0 Å². The van der Waals surface area contributed by atoms with Gasteiger partial charge >= 0.3 is 0 Å². The molecule has 0 amide bonds. The van der Waals surface area contributed by atoms with Crippen LogP contribution in [0.15, 0.2) is 206 Å². The van der Waals surface area contributed by atoms with Gasteiger partial charge in [0.25, 0.3) is 0 Å². The maximum absolute atomic E-state index is 2.67. The van der Waals surface area contributed by atoms with Crippen LogP contribution >= 0.6 is 0 Å². The van der Waals surface area contributed by atoms with E-state index in [9.17, 15) is 0 Å². The van der Waals surface area contributed by atoms with E-state index < -0.39 is 5.54 Å². The molecule has 60 heavy (non-hydrogen) atoms. The third-order valence-corrected chi connectivity index (χ3v) is 14.3. The van der Waals surface area contributed by atoms with Crippen LogP contribution in [0.1, 0.15) is 53.5 Å². The van der Waals surface area contributed by atoms with Gasteiger partial charge in [0.15, 0.2) is 0 Å². The van der Waals surface area contributed by atoms with Crippen LogP contribution in [0.2, 0.25) is 0 Å². The van der Waals surface area contributed by atoms with Crippen molar-refractivity contribution in [3.63, 3.8) is 0 Å². The Bertz CT molecular complexity index is 3300. The molecule has 0 unspecified atom stereocenters. The molecule has 2 nitrogen and oxygen atoms in total. The molecular weight excluding hydrogens is 725 g/mol. The van der Waals surface area contributed by atoms with Crippen molar-refractivity contribution in [2.45, 2.75) is 36.6 Å². The molecular formula is C58H42N2. The molecule has 3 aliphatic rings.